The standard InChI is InChI=1S/C30H47NO3S/c1-11-29(7,8)25-15-16-27(26(20-25)30(9,10)12-2)34-18-14-13-17-31-35(32,33)28-23(5)21(3)19-22(4)24(28)6/h15-16,19-20,31H,11-14,17-18H2,1-10H3. The molecule has 0 radical (unpaired) electrons. The third kappa shape index (κ3) is 6.89. The van der Waals surface area contributed by atoms with Crippen molar-refractivity contribution >= 4 is 10.0 Å². The van der Waals surface area contributed by atoms with Crippen molar-refractivity contribution < 1.29 is 13.2 Å². The van der Waals surface area contributed by atoms with E-state index in [-0.39, 0.29) is 10.8 Å². The molecule has 0 bridgehead atoms. The summed E-state index contributed by atoms with van der Waals surface area (Å²) in [4.78, 5) is 0.424. The van der Waals surface area contributed by atoms with Gasteiger partial charge in [-0.15, -0.1) is 0 Å². The first-order valence-electron chi connectivity index (χ1n) is 13.0. The van der Waals surface area contributed by atoms with Gasteiger partial charge in [0.15, 0.2) is 0 Å². The molecule has 0 saturated carbocycles. The maximum absolute atomic E-state index is 13.0. The second kappa shape index (κ2) is 11.5. The third-order valence-corrected chi connectivity index (χ3v) is 9.68. The average molecular weight is 502 g/mol. The molecule has 0 atom stereocenters. The highest BCUT2D eigenvalue weighted by Crippen LogP contribution is 2.38. The normalized spacial score (nSPS) is 12.7. The molecule has 0 aliphatic rings. The summed E-state index contributed by atoms with van der Waals surface area (Å²) in [5.74, 6) is 0.939. The predicted molar refractivity (Wildman–Crippen MR) is 148 cm³/mol. The molecule has 2 aromatic carbocycles. The fourth-order valence-corrected chi connectivity index (χ4v) is 5.96. The van der Waals surface area contributed by atoms with E-state index in [4.69, 9.17) is 4.74 Å². The van der Waals surface area contributed by atoms with Crippen molar-refractivity contribution in [1.29, 1.82) is 0 Å². The Hall–Kier alpha value is -1.85. The fraction of sp³-hybridized carbons (Fsp3) is 0.600. The minimum absolute atomic E-state index is 0.0203. The monoisotopic (exact) mass is 501 g/mol. The summed E-state index contributed by atoms with van der Waals surface area (Å²) in [5, 5.41) is 0. The summed E-state index contributed by atoms with van der Waals surface area (Å²) in [7, 11) is -3.55. The summed E-state index contributed by atoms with van der Waals surface area (Å²) in [5.41, 5.74) is 6.39. The van der Waals surface area contributed by atoms with Gasteiger partial charge in [0.25, 0.3) is 0 Å². The van der Waals surface area contributed by atoms with Crippen molar-refractivity contribution in [2.45, 2.75) is 111 Å². The lowest BCUT2D eigenvalue weighted by Gasteiger charge is -2.30. The summed E-state index contributed by atoms with van der Waals surface area (Å²) in [6.07, 6.45) is 3.60. The van der Waals surface area contributed by atoms with E-state index in [2.05, 4.69) is 64.5 Å². The maximum Gasteiger partial charge on any atom is 0.241 e. The lowest BCUT2D eigenvalue weighted by Crippen LogP contribution is -2.27. The highest BCUT2D eigenvalue weighted by Gasteiger charge is 2.26. The fourth-order valence-electron chi connectivity index (χ4n) is 4.27. The number of hydrogen-bond acceptors (Lipinski definition) is 3. The second-order valence-corrected chi connectivity index (χ2v) is 12.9. The smallest absolute Gasteiger partial charge is 0.241 e. The van der Waals surface area contributed by atoms with E-state index in [1.165, 1.54) is 11.1 Å². The lowest BCUT2D eigenvalue weighted by atomic mass is 9.76. The Morgan fingerprint density at radius 3 is 1.94 bits per heavy atom. The molecular formula is C30H47NO3S. The molecule has 0 aliphatic heterocycles. The number of hydrogen-bond donors (Lipinski definition) is 1. The molecule has 2 rings (SSSR count). The summed E-state index contributed by atoms with van der Waals surface area (Å²) < 4.78 is 35.1. The Balaban J connectivity index is 2.03. The molecule has 196 valence electrons. The van der Waals surface area contributed by atoms with E-state index in [1.807, 2.05) is 33.8 Å². The van der Waals surface area contributed by atoms with Gasteiger partial charge in [-0.2, -0.15) is 0 Å². The molecule has 0 spiro atoms. The van der Waals surface area contributed by atoms with Crippen LogP contribution in [0.1, 0.15) is 101 Å². The molecule has 2 aromatic rings. The Kier molecular flexibility index (Phi) is 9.63. The molecule has 0 amide bonds. The van der Waals surface area contributed by atoms with Gasteiger partial charge in [-0.1, -0.05) is 59.7 Å². The van der Waals surface area contributed by atoms with Gasteiger partial charge in [-0.05, 0) is 98.1 Å². The van der Waals surface area contributed by atoms with Crippen molar-refractivity contribution in [2.75, 3.05) is 13.2 Å². The number of aryl methyl sites for hydroxylation is 2. The van der Waals surface area contributed by atoms with Crippen molar-refractivity contribution in [3.05, 3.63) is 57.6 Å². The van der Waals surface area contributed by atoms with E-state index in [1.54, 1.807) is 0 Å². The first-order chi connectivity index (χ1) is 16.2. The van der Waals surface area contributed by atoms with Crippen LogP contribution in [0.2, 0.25) is 0 Å². The Morgan fingerprint density at radius 2 is 1.40 bits per heavy atom. The number of ether oxygens (including phenoxy) is 1. The zero-order valence-corrected chi connectivity index (χ0v) is 24.5. The van der Waals surface area contributed by atoms with Crippen LogP contribution in [0.15, 0.2) is 29.2 Å². The maximum atomic E-state index is 13.0. The molecular weight excluding hydrogens is 454 g/mol. The first-order valence-corrected chi connectivity index (χ1v) is 14.5. The van der Waals surface area contributed by atoms with E-state index in [0.717, 1.165) is 53.7 Å². The van der Waals surface area contributed by atoms with Gasteiger partial charge in [0.1, 0.15) is 5.75 Å². The van der Waals surface area contributed by atoms with Gasteiger partial charge in [0, 0.05) is 12.1 Å². The number of benzene rings is 2. The number of nitrogens with one attached hydrogen (secondary N) is 1. The number of unbranched alkanes of at least 4 members (excludes halogenated alkanes) is 1. The van der Waals surface area contributed by atoms with Crippen LogP contribution in [0.25, 0.3) is 0 Å². The lowest BCUT2D eigenvalue weighted by molar-refractivity contribution is 0.296. The van der Waals surface area contributed by atoms with Crippen molar-refractivity contribution in [2.24, 2.45) is 0 Å². The highest BCUT2D eigenvalue weighted by molar-refractivity contribution is 7.89. The van der Waals surface area contributed by atoms with Gasteiger partial charge < -0.3 is 4.74 Å². The van der Waals surface area contributed by atoms with Gasteiger partial charge in [-0.25, -0.2) is 13.1 Å². The van der Waals surface area contributed by atoms with E-state index >= 15 is 0 Å². The van der Waals surface area contributed by atoms with Gasteiger partial charge in [0.05, 0.1) is 11.5 Å². The topological polar surface area (TPSA) is 55.4 Å². The van der Waals surface area contributed by atoms with Gasteiger partial charge in [-0.3, -0.25) is 0 Å². The van der Waals surface area contributed by atoms with E-state index in [0.29, 0.717) is 18.0 Å². The summed E-state index contributed by atoms with van der Waals surface area (Å²) in [6.45, 7) is 22.2. The summed E-state index contributed by atoms with van der Waals surface area (Å²) >= 11 is 0. The van der Waals surface area contributed by atoms with Crippen LogP contribution in [-0.4, -0.2) is 21.6 Å². The second-order valence-electron chi connectivity index (χ2n) is 11.2. The molecule has 0 fully saturated rings. The molecule has 0 heterocycles. The van der Waals surface area contributed by atoms with E-state index < -0.39 is 10.0 Å². The van der Waals surface area contributed by atoms with Gasteiger partial charge >= 0.3 is 0 Å². The van der Waals surface area contributed by atoms with Crippen LogP contribution < -0.4 is 9.46 Å². The molecule has 0 saturated heterocycles. The Bertz CT molecular complexity index is 1100. The number of rotatable bonds is 12. The highest BCUT2D eigenvalue weighted by atomic mass is 32.2. The third-order valence-electron chi connectivity index (χ3n) is 7.94. The Morgan fingerprint density at radius 1 is 0.829 bits per heavy atom. The van der Waals surface area contributed by atoms with Crippen LogP contribution in [-0.2, 0) is 20.9 Å². The largest absolute Gasteiger partial charge is 0.493 e. The quantitative estimate of drug-likeness (QED) is 0.308. The SMILES string of the molecule is CCC(C)(C)c1ccc(OCCCCNS(=O)(=O)c2c(C)c(C)cc(C)c2C)c(C(C)(C)CC)c1. The Labute approximate surface area is 214 Å². The van der Waals surface area contributed by atoms with Crippen LogP contribution in [0.4, 0.5) is 0 Å². The van der Waals surface area contributed by atoms with E-state index in [9.17, 15) is 8.42 Å². The molecule has 0 aromatic heterocycles. The average Bonchev–Trinajstić information content (AvgIpc) is 2.79. The first kappa shape index (κ1) is 29.4. The predicted octanol–water partition coefficient (Wildman–Crippen LogP) is 7.43. The molecule has 5 heteroatoms. The van der Waals surface area contributed by atoms with Crippen LogP contribution in [0.3, 0.4) is 0 Å². The summed E-state index contributed by atoms with van der Waals surface area (Å²) in [6, 6.07) is 8.68. The van der Waals surface area contributed by atoms with Crippen LogP contribution >= 0.6 is 0 Å². The molecule has 1 N–H and O–H groups in total. The van der Waals surface area contributed by atoms with Crippen molar-refractivity contribution in [1.82, 2.24) is 4.72 Å². The van der Waals surface area contributed by atoms with Crippen molar-refractivity contribution in [3.8, 4) is 5.75 Å². The minimum Gasteiger partial charge on any atom is -0.493 e. The van der Waals surface area contributed by atoms with Crippen molar-refractivity contribution in [3.63, 3.8) is 0 Å². The zero-order chi connectivity index (χ0) is 26.6. The number of sulfonamides is 1. The minimum atomic E-state index is -3.55. The van der Waals surface area contributed by atoms with Crippen LogP contribution in [0, 0.1) is 27.7 Å². The molecule has 0 aliphatic carbocycles. The van der Waals surface area contributed by atoms with Crippen LogP contribution in [0.5, 0.6) is 5.75 Å². The zero-order valence-electron chi connectivity index (χ0n) is 23.7. The molecule has 4 nitrogen and oxygen atoms in total. The van der Waals surface area contributed by atoms with Gasteiger partial charge in [0.2, 0.25) is 10.0 Å². The molecule has 0 unspecified atom stereocenters. The molecule has 35 heavy (non-hydrogen) atoms.